The van der Waals surface area contributed by atoms with Crippen LogP contribution in [0, 0.1) is 0 Å². The summed E-state index contributed by atoms with van der Waals surface area (Å²) in [5.41, 5.74) is -0.639. The molecule has 0 saturated heterocycles. The average molecular weight is 204 g/mol. The van der Waals surface area contributed by atoms with E-state index in [9.17, 15) is 13.9 Å². The van der Waals surface area contributed by atoms with Crippen LogP contribution in [-0.4, -0.2) is 23.9 Å². The Morgan fingerprint density at radius 3 is 2.57 bits per heavy atom. The minimum atomic E-state index is -3.46. The van der Waals surface area contributed by atoms with Gasteiger partial charge in [0.05, 0.1) is 12.7 Å². The van der Waals surface area contributed by atoms with E-state index < -0.39 is 23.8 Å². The van der Waals surface area contributed by atoms with E-state index in [1.54, 1.807) is 0 Å². The van der Waals surface area contributed by atoms with Gasteiger partial charge >= 0.3 is 0 Å². The van der Waals surface area contributed by atoms with Gasteiger partial charge < -0.3 is 14.9 Å². The number of methoxy groups -OCH3 is 1. The van der Waals surface area contributed by atoms with Gasteiger partial charge in [0.25, 0.3) is 5.92 Å². The number of phenols is 1. The summed E-state index contributed by atoms with van der Waals surface area (Å²) < 4.78 is 30.7. The molecule has 0 fully saturated rings. The van der Waals surface area contributed by atoms with Crippen LogP contribution in [0.2, 0.25) is 0 Å². The topological polar surface area (TPSA) is 49.7 Å². The molecule has 5 heteroatoms. The highest BCUT2D eigenvalue weighted by Gasteiger charge is 2.34. The van der Waals surface area contributed by atoms with E-state index in [0.29, 0.717) is 0 Å². The van der Waals surface area contributed by atoms with Crippen molar-refractivity contribution in [3.8, 4) is 11.5 Å². The Kier molecular flexibility index (Phi) is 2.90. The molecule has 0 amide bonds. The molecular formula is C9H10F2O3. The van der Waals surface area contributed by atoms with E-state index in [2.05, 4.69) is 4.74 Å². The second-order valence-corrected chi connectivity index (χ2v) is 2.72. The predicted molar refractivity (Wildman–Crippen MR) is 45.6 cm³/mol. The largest absolute Gasteiger partial charge is 0.504 e. The molecule has 1 aromatic carbocycles. The molecule has 0 aliphatic rings. The third kappa shape index (κ3) is 1.77. The fourth-order valence-electron chi connectivity index (χ4n) is 1.07. The summed E-state index contributed by atoms with van der Waals surface area (Å²) >= 11 is 0. The van der Waals surface area contributed by atoms with Gasteiger partial charge in [-0.05, 0) is 12.1 Å². The van der Waals surface area contributed by atoms with Crippen LogP contribution < -0.4 is 4.74 Å². The van der Waals surface area contributed by atoms with E-state index in [1.165, 1.54) is 19.2 Å². The van der Waals surface area contributed by atoms with Crippen LogP contribution in [0.25, 0.3) is 0 Å². The lowest BCUT2D eigenvalue weighted by Crippen LogP contribution is -2.18. The second kappa shape index (κ2) is 3.79. The minimum Gasteiger partial charge on any atom is -0.504 e. The molecule has 0 heterocycles. The number of hydrogen-bond acceptors (Lipinski definition) is 3. The number of phenolic OH excluding ortho intramolecular Hbond substituents is 1. The lowest BCUT2D eigenvalue weighted by Gasteiger charge is -2.16. The van der Waals surface area contributed by atoms with Gasteiger partial charge in [-0.2, -0.15) is 8.78 Å². The van der Waals surface area contributed by atoms with Crippen molar-refractivity contribution in [2.24, 2.45) is 0 Å². The number of hydrogen-bond donors (Lipinski definition) is 2. The van der Waals surface area contributed by atoms with E-state index in [1.807, 2.05) is 0 Å². The molecule has 14 heavy (non-hydrogen) atoms. The first kappa shape index (κ1) is 10.7. The van der Waals surface area contributed by atoms with Gasteiger partial charge in [0.2, 0.25) is 0 Å². The quantitative estimate of drug-likeness (QED) is 0.784. The van der Waals surface area contributed by atoms with Crippen LogP contribution in [0.3, 0.4) is 0 Å². The van der Waals surface area contributed by atoms with E-state index in [4.69, 9.17) is 5.11 Å². The predicted octanol–water partition coefficient (Wildman–Crippen LogP) is 1.48. The van der Waals surface area contributed by atoms with E-state index >= 15 is 0 Å². The molecule has 0 saturated carbocycles. The molecule has 1 rings (SSSR count). The first-order valence-corrected chi connectivity index (χ1v) is 3.88. The van der Waals surface area contributed by atoms with Crippen molar-refractivity contribution in [3.05, 3.63) is 23.8 Å². The van der Waals surface area contributed by atoms with Crippen molar-refractivity contribution in [3.63, 3.8) is 0 Å². The van der Waals surface area contributed by atoms with Crippen molar-refractivity contribution in [2.45, 2.75) is 5.92 Å². The molecule has 1 aromatic rings. The maximum absolute atomic E-state index is 13.0. The van der Waals surface area contributed by atoms with Crippen LogP contribution in [-0.2, 0) is 5.92 Å². The van der Waals surface area contributed by atoms with Gasteiger partial charge in [0.15, 0.2) is 11.5 Å². The minimum absolute atomic E-state index is 0.0457. The Hall–Kier alpha value is -1.36. The van der Waals surface area contributed by atoms with Gasteiger partial charge in [-0.1, -0.05) is 6.07 Å². The Labute approximate surface area is 79.6 Å². The van der Waals surface area contributed by atoms with E-state index in [0.717, 1.165) is 6.07 Å². The molecule has 3 nitrogen and oxygen atoms in total. The monoisotopic (exact) mass is 204 g/mol. The second-order valence-electron chi connectivity index (χ2n) is 2.72. The molecule has 0 spiro atoms. The zero-order valence-corrected chi connectivity index (χ0v) is 7.50. The van der Waals surface area contributed by atoms with Crippen molar-refractivity contribution in [1.29, 1.82) is 0 Å². The number of halogens is 2. The smallest absolute Gasteiger partial charge is 0.299 e. The standard InChI is InChI=1S/C9H10F2O3/c1-14-7-4-2-3-6(8(7)13)9(10,11)5-12/h2-4,12-13H,5H2,1H3. The van der Waals surface area contributed by atoms with Gasteiger partial charge in [-0.25, -0.2) is 0 Å². The highest BCUT2D eigenvalue weighted by molar-refractivity contribution is 5.47. The molecule has 0 atom stereocenters. The fourth-order valence-corrected chi connectivity index (χ4v) is 1.07. The number of para-hydroxylation sites is 1. The molecule has 0 aliphatic heterocycles. The van der Waals surface area contributed by atoms with Crippen molar-refractivity contribution in [2.75, 3.05) is 13.7 Å². The molecular weight excluding hydrogens is 194 g/mol. The molecule has 2 N–H and O–H groups in total. The summed E-state index contributed by atoms with van der Waals surface area (Å²) in [4.78, 5) is 0. The molecule has 0 bridgehead atoms. The molecule has 78 valence electrons. The van der Waals surface area contributed by atoms with Crippen LogP contribution in [0.1, 0.15) is 5.56 Å². The SMILES string of the molecule is COc1cccc(C(F)(F)CO)c1O. The lowest BCUT2D eigenvalue weighted by molar-refractivity contribution is -0.0573. The highest BCUT2D eigenvalue weighted by atomic mass is 19.3. The van der Waals surface area contributed by atoms with Gasteiger partial charge in [0.1, 0.15) is 6.61 Å². The molecule has 0 unspecified atom stereocenters. The first-order chi connectivity index (χ1) is 6.53. The maximum atomic E-state index is 13.0. The Balaban J connectivity index is 3.22. The number of rotatable bonds is 3. The van der Waals surface area contributed by atoms with Crippen LogP contribution >= 0.6 is 0 Å². The number of aliphatic hydroxyl groups is 1. The summed E-state index contributed by atoms with van der Waals surface area (Å²) in [7, 11) is 1.26. The summed E-state index contributed by atoms with van der Waals surface area (Å²) in [6, 6.07) is 3.71. The average Bonchev–Trinajstić information content (AvgIpc) is 2.18. The molecule has 0 aliphatic carbocycles. The Morgan fingerprint density at radius 1 is 1.43 bits per heavy atom. The normalized spacial score (nSPS) is 11.4. The number of aliphatic hydroxyl groups excluding tert-OH is 1. The van der Waals surface area contributed by atoms with Crippen molar-refractivity contribution >= 4 is 0 Å². The number of ether oxygens (including phenoxy) is 1. The maximum Gasteiger partial charge on any atom is 0.299 e. The first-order valence-electron chi connectivity index (χ1n) is 3.88. The third-order valence-electron chi connectivity index (χ3n) is 1.81. The van der Waals surface area contributed by atoms with E-state index in [-0.39, 0.29) is 5.75 Å². The zero-order valence-electron chi connectivity index (χ0n) is 7.50. The third-order valence-corrected chi connectivity index (χ3v) is 1.81. The highest BCUT2D eigenvalue weighted by Crippen LogP contribution is 2.39. The number of aromatic hydroxyl groups is 1. The van der Waals surface area contributed by atoms with Crippen molar-refractivity contribution < 1.29 is 23.7 Å². The van der Waals surface area contributed by atoms with Crippen molar-refractivity contribution in [1.82, 2.24) is 0 Å². The van der Waals surface area contributed by atoms with Gasteiger partial charge in [-0.3, -0.25) is 0 Å². The molecule has 0 radical (unpaired) electrons. The number of benzene rings is 1. The summed E-state index contributed by atoms with van der Waals surface area (Å²) in [6.45, 7) is -1.35. The van der Waals surface area contributed by atoms with Crippen LogP contribution in [0.4, 0.5) is 8.78 Å². The van der Waals surface area contributed by atoms with Crippen LogP contribution in [0.15, 0.2) is 18.2 Å². The lowest BCUT2D eigenvalue weighted by atomic mass is 10.1. The summed E-state index contributed by atoms with van der Waals surface area (Å²) in [5.74, 6) is -4.15. The van der Waals surface area contributed by atoms with Crippen LogP contribution in [0.5, 0.6) is 11.5 Å². The Bertz CT molecular complexity index is 326. The van der Waals surface area contributed by atoms with Gasteiger partial charge in [-0.15, -0.1) is 0 Å². The zero-order chi connectivity index (χ0) is 10.8. The molecule has 0 aromatic heterocycles. The van der Waals surface area contributed by atoms with Gasteiger partial charge in [0, 0.05) is 0 Å². The number of alkyl halides is 2. The Morgan fingerprint density at radius 2 is 2.07 bits per heavy atom. The summed E-state index contributed by atoms with van der Waals surface area (Å²) in [5, 5.41) is 17.8. The fraction of sp³-hybridized carbons (Fsp3) is 0.333. The summed E-state index contributed by atoms with van der Waals surface area (Å²) in [6.07, 6.45) is 0.